The molecule has 1 aromatic carbocycles. The largest absolute Gasteiger partial charge is 0.481 e. The fraction of sp³-hybridized carbons (Fsp3) is 0.389. The molecule has 146 valence electrons. The molecule has 0 heterocycles. The second-order valence-electron chi connectivity index (χ2n) is 4.77. The molecule has 0 fully saturated rings. The minimum absolute atomic E-state index is 0.0556. The fourth-order valence-electron chi connectivity index (χ4n) is 1.22. The average molecular weight is 384 g/mol. The first kappa shape index (κ1) is 28.3. The summed E-state index contributed by atoms with van der Waals surface area (Å²) in [6.07, 6.45) is 5.79. The van der Waals surface area contributed by atoms with E-state index in [1.54, 1.807) is 6.92 Å². The Hall–Kier alpha value is -2.53. The number of primary amides is 2. The number of carboxylic acid groups (broad SMARTS) is 1. The Morgan fingerprint density at radius 3 is 1.88 bits per heavy atom. The van der Waals surface area contributed by atoms with Crippen LogP contribution in [0.4, 0.5) is 4.79 Å². The van der Waals surface area contributed by atoms with Crippen molar-refractivity contribution in [3.63, 3.8) is 0 Å². The predicted molar refractivity (Wildman–Crippen MR) is 105 cm³/mol. The Bertz CT molecular complexity index is 518. The number of carboxylic acids is 1. The van der Waals surface area contributed by atoms with Crippen molar-refractivity contribution in [2.75, 3.05) is 6.16 Å². The van der Waals surface area contributed by atoms with Gasteiger partial charge in [-0.15, -0.1) is 6.58 Å². The normalized spacial score (nSPS) is 8.38. The van der Waals surface area contributed by atoms with Gasteiger partial charge in [0, 0.05) is 11.7 Å². The molecule has 0 radical (unpaired) electrons. The van der Waals surface area contributed by atoms with Crippen LogP contribution in [0.2, 0.25) is 0 Å². The van der Waals surface area contributed by atoms with Crippen molar-refractivity contribution < 1.29 is 24.1 Å². The lowest BCUT2D eigenvalue weighted by Gasteiger charge is -1.89. The first-order valence-corrected chi connectivity index (χ1v) is 8.95. The maximum absolute atomic E-state index is 10.6. The van der Waals surface area contributed by atoms with Crippen molar-refractivity contribution in [1.29, 1.82) is 0 Å². The van der Waals surface area contributed by atoms with Crippen LogP contribution in [0.3, 0.4) is 0 Å². The predicted octanol–water partition coefficient (Wildman–Crippen LogP) is 4.03. The lowest BCUT2D eigenvalue weighted by molar-refractivity contribution is -0.136. The van der Waals surface area contributed by atoms with E-state index < -0.39 is 12.0 Å². The van der Waals surface area contributed by atoms with Gasteiger partial charge in [-0.3, -0.25) is 14.2 Å². The molecule has 7 nitrogen and oxygen atoms in total. The number of unbranched alkanes of at least 4 members (excludes halogenated alkanes) is 2. The van der Waals surface area contributed by atoms with Crippen LogP contribution in [0.1, 0.15) is 49.9 Å². The molecule has 1 aromatic rings. The maximum atomic E-state index is 10.6. The molecule has 0 spiro atoms. The highest BCUT2D eigenvalue weighted by Crippen LogP contribution is 2.00. The quantitative estimate of drug-likeness (QED) is 0.282. The van der Waals surface area contributed by atoms with Gasteiger partial charge in [-0.1, -0.05) is 56.2 Å². The summed E-state index contributed by atoms with van der Waals surface area (Å²) >= 11 is 0. The van der Waals surface area contributed by atoms with Crippen LogP contribution in [-0.4, -0.2) is 29.1 Å². The summed E-state index contributed by atoms with van der Waals surface area (Å²) in [6, 6.07) is 8.39. The van der Waals surface area contributed by atoms with Gasteiger partial charge in [-0.05, 0) is 13.3 Å². The van der Waals surface area contributed by atoms with E-state index in [1.807, 2.05) is 30.3 Å². The molecule has 0 unspecified atom stereocenters. The van der Waals surface area contributed by atoms with E-state index in [9.17, 15) is 14.2 Å². The fourth-order valence-corrected chi connectivity index (χ4v) is 1.58. The maximum Gasteiger partial charge on any atom is 0.309 e. The summed E-state index contributed by atoms with van der Waals surface area (Å²) in [4.78, 5) is 29.2. The number of urea groups is 1. The number of carbonyl (C=O) groups is 3. The molecule has 0 atom stereocenters. The first-order chi connectivity index (χ1) is 12.2. The molecule has 0 aromatic heterocycles. The number of rotatable bonds is 7. The SMILES string of the molecule is C=CCC(=O)O.CC(=O)c1ccccc1.CCCCCP=O.NC(N)=O. The number of Topliss-reactive ketones (excluding diaryl/α,β-unsaturated/α-hetero) is 1. The zero-order valence-electron chi connectivity index (χ0n) is 15.4. The third-order valence-electron chi connectivity index (χ3n) is 2.35. The van der Waals surface area contributed by atoms with E-state index in [1.165, 1.54) is 18.9 Å². The van der Waals surface area contributed by atoms with E-state index in [2.05, 4.69) is 25.0 Å². The minimum atomic E-state index is -0.833. The summed E-state index contributed by atoms with van der Waals surface area (Å²) < 4.78 is 9.78. The molecule has 8 heteroatoms. The van der Waals surface area contributed by atoms with Crippen LogP contribution in [0.15, 0.2) is 43.0 Å². The van der Waals surface area contributed by atoms with Crippen molar-refractivity contribution in [1.82, 2.24) is 0 Å². The zero-order chi connectivity index (χ0) is 20.8. The molecule has 2 amide bonds. The zero-order valence-corrected chi connectivity index (χ0v) is 16.3. The average Bonchev–Trinajstić information content (AvgIpc) is 2.57. The number of aliphatic carboxylic acids is 1. The highest BCUT2D eigenvalue weighted by Gasteiger charge is 1.92. The van der Waals surface area contributed by atoms with Gasteiger partial charge in [0.25, 0.3) is 0 Å². The van der Waals surface area contributed by atoms with Crippen LogP contribution in [0.5, 0.6) is 0 Å². The van der Waals surface area contributed by atoms with Gasteiger partial charge in [0.05, 0.1) is 6.42 Å². The standard InChI is InChI=1S/C8H8O.C5H11OP.C4H6O2.CH4N2O/c1-7(9)8-5-3-2-4-6-8;1-2-3-4-5-7-6;1-2-3-4(5)6;2-1(3)4/h2-6H,1H3;2-5H2,1H3;2H,1,3H2,(H,5,6);(H4,2,3,4). The summed E-state index contributed by atoms with van der Waals surface area (Å²) in [5.41, 5.74) is 9.28. The number of hydrogen-bond donors (Lipinski definition) is 3. The summed E-state index contributed by atoms with van der Waals surface area (Å²) in [6.45, 7) is 6.93. The molecule has 1 rings (SSSR count). The number of carbonyl (C=O) groups excluding carboxylic acids is 2. The Morgan fingerprint density at radius 2 is 1.65 bits per heavy atom. The molecule has 0 saturated carbocycles. The van der Waals surface area contributed by atoms with Crippen molar-refractivity contribution >= 4 is 26.2 Å². The van der Waals surface area contributed by atoms with Crippen molar-refractivity contribution in [2.24, 2.45) is 11.5 Å². The van der Waals surface area contributed by atoms with Gasteiger partial charge in [-0.25, -0.2) is 4.79 Å². The monoisotopic (exact) mass is 384 g/mol. The number of nitrogens with two attached hydrogens (primary N) is 2. The summed E-state index contributed by atoms with van der Waals surface area (Å²) in [5, 5.41) is 7.84. The van der Waals surface area contributed by atoms with Crippen LogP contribution < -0.4 is 11.5 Å². The highest BCUT2D eigenvalue weighted by atomic mass is 31.1. The number of ketones is 1. The van der Waals surface area contributed by atoms with Crippen molar-refractivity contribution in [2.45, 2.75) is 39.5 Å². The summed E-state index contributed by atoms with van der Waals surface area (Å²) in [7, 11) is 0.305. The molecule has 26 heavy (non-hydrogen) atoms. The minimum Gasteiger partial charge on any atom is -0.481 e. The van der Waals surface area contributed by atoms with E-state index in [-0.39, 0.29) is 12.2 Å². The smallest absolute Gasteiger partial charge is 0.309 e. The topological polar surface area (TPSA) is 141 Å². The van der Waals surface area contributed by atoms with Crippen LogP contribution in [0, 0.1) is 0 Å². The van der Waals surface area contributed by atoms with Crippen molar-refractivity contribution in [3.05, 3.63) is 48.6 Å². The van der Waals surface area contributed by atoms with E-state index in [0.29, 0.717) is 8.46 Å². The van der Waals surface area contributed by atoms with Gasteiger partial charge in [0.2, 0.25) is 0 Å². The molecule has 0 aliphatic heterocycles. The Balaban J connectivity index is -0.000000283. The second-order valence-corrected chi connectivity index (χ2v) is 5.48. The molecule has 5 N–H and O–H groups in total. The van der Waals surface area contributed by atoms with Gasteiger partial charge in [0.15, 0.2) is 14.2 Å². The Labute approximate surface area is 156 Å². The number of benzene rings is 1. The second kappa shape index (κ2) is 22.5. The Morgan fingerprint density at radius 1 is 1.15 bits per heavy atom. The van der Waals surface area contributed by atoms with E-state index in [4.69, 9.17) is 9.90 Å². The molecule has 0 bridgehead atoms. The van der Waals surface area contributed by atoms with Gasteiger partial charge in [0.1, 0.15) is 0 Å². The Kier molecular flexibility index (Phi) is 24.4. The van der Waals surface area contributed by atoms with Crippen LogP contribution in [-0.2, 0) is 9.36 Å². The van der Waals surface area contributed by atoms with Gasteiger partial charge in [-0.2, -0.15) is 0 Å². The van der Waals surface area contributed by atoms with E-state index >= 15 is 0 Å². The molecular weight excluding hydrogens is 355 g/mol. The molecule has 0 aliphatic carbocycles. The van der Waals surface area contributed by atoms with Crippen LogP contribution >= 0.6 is 8.46 Å². The molecule has 0 aliphatic rings. The van der Waals surface area contributed by atoms with Crippen molar-refractivity contribution in [3.8, 4) is 0 Å². The number of hydrogen-bond acceptors (Lipinski definition) is 4. The van der Waals surface area contributed by atoms with Crippen LogP contribution in [0.25, 0.3) is 0 Å². The lowest BCUT2D eigenvalue weighted by atomic mass is 10.2. The van der Waals surface area contributed by atoms with E-state index in [0.717, 1.165) is 18.1 Å². The third kappa shape index (κ3) is 33.2. The highest BCUT2D eigenvalue weighted by molar-refractivity contribution is 7.23. The first-order valence-electron chi connectivity index (χ1n) is 7.95. The molecule has 0 saturated heterocycles. The number of amides is 2. The van der Waals surface area contributed by atoms with Gasteiger partial charge < -0.3 is 16.6 Å². The third-order valence-corrected chi connectivity index (χ3v) is 2.85. The van der Waals surface area contributed by atoms with Gasteiger partial charge >= 0.3 is 12.0 Å². The molecular formula is C18H29N2O5P. The summed E-state index contributed by atoms with van der Waals surface area (Å²) in [5.74, 6) is -0.708. The lowest BCUT2D eigenvalue weighted by Crippen LogP contribution is -2.18.